The molecule has 0 bridgehead atoms. The number of carbonyl (C=O) groups is 2. The van der Waals surface area contributed by atoms with Gasteiger partial charge in [-0.2, -0.15) is 13.2 Å². The highest BCUT2D eigenvalue weighted by Crippen LogP contribution is 2.26. The number of halogens is 3. The number of carboxylic acid groups (broad SMARTS) is 1. The average Bonchev–Trinajstić information content (AvgIpc) is 3.21. The van der Waals surface area contributed by atoms with Crippen LogP contribution in [0.15, 0.2) is 48.9 Å². The molecule has 0 fully saturated rings. The molecule has 4 rings (SSSR count). The Kier molecular flexibility index (Phi) is 7.00. The first-order valence-corrected chi connectivity index (χ1v) is 9.80. The van der Waals surface area contributed by atoms with Gasteiger partial charge in [0.2, 0.25) is 0 Å². The summed E-state index contributed by atoms with van der Waals surface area (Å²) in [7, 11) is 1.66. The highest BCUT2D eigenvalue weighted by molar-refractivity contribution is 5.94. The van der Waals surface area contributed by atoms with Crippen LogP contribution in [0, 0.1) is 6.92 Å². The van der Waals surface area contributed by atoms with E-state index in [-0.39, 0.29) is 5.91 Å². The lowest BCUT2D eigenvalue weighted by molar-refractivity contribution is -0.192. The van der Waals surface area contributed by atoms with Gasteiger partial charge in [0.15, 0.2) is 0 Å². The number of aromatic nitrogens is 3. The van der Waals surface area contributed by atoms with Gasteiger partial charge in [-0.05, 0) is 42.8 Å². The Labute approximate surface area is 187 Å². The first-order chi connectivity index (χ1) is 15.6. The van der Waals surface area contributed by atoms with Gasteiger partial charge in [0.05, 0.1) is 31.1 Å². The van der Waals surface area contributed by atoms with E-state index in [0.717, 1.165) is 34.9 Å². The molecule has 11 heteroatoms. The largest absolute Gasteiger partial charge is 0.497 e. The van der Waals surface area contributed by atoms with Gasteiger partial charge in [0.25, 0.3) is 5.91 Å². The summed E-state index contributed by atoms with van der Waals surface area (Å²) < 4.78 is 39.1. The van der Waals surface area contributed by atoms with E-state index in [2.05, 4.69) is 14.5 Å². The molecule has 3 heterocycles. The molecule has 1 aromatic carbocycles. The van der Waals surface area contributed by atoms with E-state index in [9.17, 15) is 18.0 Å². The highest BCUT2D eigenvalue weighted by atomic mass is 19.4. The summed E-state index contributed by atoms with van der Waals surface area (Å²) in [6.45, 7) is 3.82. The number of benzene rings is 1. The molecule has 1 aliphatic heterocycles. The van der Waals surface area contributed by atoms with E-state index in [4.69, 9.17) is 14.6 Å². The van der Waals surface area contributed by atoms with Crippen LogP contribution in [0.3, 0.4) is 0 Å². The van der Waals surface area contributed by atoms with Crippen molar-refractivity contribution in [3.63, 3.8) is 0 Å². The third-order valence-electron chi connectivity index (χ3n) is 4.90. The molecule has 1 N–H and O–H groups in total. The molecule has 0 spiro atoms. The van der Waals surface area contributed by atoms with Gasteiger partial charge in [-0.3, -0.25) is 9.78 Å². The topological polar surface area (TPSA) is 97.5 Å². The van der Waals surface area contributed by atoms with Crippen LogP contribution in [-0.4, -0.2) is 56.2 Å². The predicted molar refractivity (Wildman–Crippen MR) is 112 cm³/mol. The van der Waals surface area contributed by atoms with Crippen LogP contribution in [-0.2, 0) is 17.9 Å². The standard InChI is InChI=1S/C20H20N4O2.C2HF3O2/c1-14-9-16(11-21-10-14)20(25)23-7-8-24-18(12-22-19(24)13-23)15-3-5-17(26-2)6-4-15;3-2(4,5)1(6)7/h3-6,9-12H,7-8,13H2,1-2H3;(H,6,7). The number of fused-ring (bicyclic) bond motifs is 1. The van der Waals surface area contributed by atoms with Gasteiger partial charge in [-0.25, -0.2) is 9.78 Å². The third kappa shape index (κ3) is 5.68. The molecule has 0 atom stereocenters. The first kappa shape index (κ1) is 23.8. The summed E-state index contributed by atoms with van der Waals surface area (Å²) in [4.78, 5) is 32.1. The Balaban J connectivity index is 0.000000383. The van der Waals surface area contributed by atoms with Crippen LogP contribution >= 0.6 is 0 Å². The van der Waals surface area contributed by atoms with Crippen molar-refractivity contribution in [2.45, 2.75) is 26.2 Å². The molecule has 1 aliphatic rings. The number of methoxy groups -OCH3 is 1. The van der Waals surface area contributed by atoms with E-state index in [0.29, 0.717) is 18.7 Å². The lowest BCUT2D eigenvalue weighted by Gasteiger charge is -2.28. The van der Waals surface area contributed by atoms with Crippen molar-refractivity contribution < 1.29 is 32.6 Å². The fourth-order valence-electron chi connectivity index (χ4n) is 3.28. The summed E-state index contributed by atoms with van der Waals surface area (Å²) >= 11 is 0. The molecule has 174 valence electrons. The smallest absolute Gasteiger partial charge is 0.490 e. The molecule has 2 aromatic heterocycles. The van der Waals surface area contributed by atoms with Crippen LogP contribution in [0.4, 0.5) is 13.2 Å². The SMILES string of the molecule is COc1ccc(-c2cnc3n2CCN(C(=O)c2cncc(C)c2)C3)cc1.O=C(O)C(F)(F)F. The summed E-state index contributed by atoms with van der Waals surface area (Å²) in [6.07, 6.45) is 0.166. The Morgan fingerprint density at radius 3 is 2.33 bits per heavy atom. The summed E-state index contributed by atoms with van der Waals surface area (Å²) in [5, 5.41) is 7.12. The van der Waals surface area contributed by atoms with Crippen molar-refractivity contribution in [2.75, 3.05) is 13.7 Å². The van der Waals surface area contributed by atoms with Crippen molar-refractivity contribution in [2.24, 2.45) is 0 Å². The van der Waals surface area contributed by atoms with Crippen molar-refractivity contribution in [3.05, 3.63) is 65.9 Å². The minimum atomic E-state index is -5.08. The molecule has 0 unspecified atom stereocenters. The monoisotopic (exact) mass is 462 g/mol. The van der Waals surface area contributed by atoms with Gasteiger partial charge < -0.3 is 19.3 Å². The number of aryl methyl sites for hydroxylation is 1. The van der Waals surface area contributed by atoms with Gasteiger partial charge >= 0.3 is 12.1 Å². The van der Waals surface area contributed by atoms with E-state index in [1.54, 1.807) is 19.5 Å². The van der Waals surface area contributed by atoms with Crippen LogP contribution in [0.2, 0.25) is 0 Å². The Morgan fingerprint density at radius 2 is 1.76 bits per heavy atom. The molecule has 1 amide bonds. The number of carboxylic acids is 1. The third-order valence-corrected chi connectivity index (χ3v) is 4.90. The molecule has 0 aliphatic carbocycles. The van der Waals surface area contributed by atoms with Gasteiger partial charge in [0.1, 0.15) is 11.6 Å². The number of rotatable bonds is 3. The van der Waals surface area contributed by atoms with E-state index >= 15 is 0 Å². The number of hydrogen-bond acceptors (Lipinski definition) is 5. The quantitative estimate of drug-likeness (QED) is 0.640. The average molecular weight is 462 g/mol. The number of carbonyl (C=O) groups excluding carboxylic acids is 1. The Bertz CT molecular complexity index is 1140. The number of alkyl halides is 3. The second-order valence-corrected chi connectivity index (χ2v) is 7.22. The summed E-state index contributed by atoms with van der Waals surface area (Å²) in [6, 6.07) is 9.81. The van der Waals surface area contributed by atoms with Crippen molar-refractivity contribution >= 4 is 11.9 Å². The van der Waals surface area contributed by atoms with Crippen LogP contribution in [0.5, 0.6) is 5.75 Å². The number of amides is 1. The van der Waals surface area contributed by atoms with Crippen LogP contribution in [0.25, 0.3) is 11.3 Å². The molecular formula is C22H21F3N4O4. The maximum Gasteiger partial charge on any atom is 0.490 e. The predicted octanol–water partition coefficient (Wildman–Crippen LogP) is 3.55. The van der Waals surface area contributed by atoms with E-state index in [1.807, 2.05) is 48.4 Å². The normalized spacial score (nSPS) is 12.9. The van der Waals surface area contributed by atoms with Crippen molar-refractivity contribution in [3.8, 4) is 17.0 Å². The van der Waals surface area contributed by atoms with Gasteiger partial charge in [-0.1, -0.05) is 0 Å². The molecular weight excluding hydrogens is 441 g/mol. The number of hydrogen-bond donors (Lipinski definition) is 1. The maximum absolute atomic E-state index is 12.7. The maximum atomic E-state index is 12.7. The molecule has 0 saturated heterocycles. The molecule has 33 heavy (non-hydrogen) atoms. The zero-order valence-electron chi connectivity index (χ0n) is 17.8. The summed E-state index contributed by atoms with van der Waals surface area (Å²) in [5.74, 6) is -1.03. The minimum absolute atomic E-state index is 0.00134. The first-order valence-electron chi connectivity index (χ1n) is 9.80. The van der Waals surface area contributed by atoms with E-state index < -0.39 is 12.1 Å². The molecule has 0 radical (unpaired) electrons. The zero-order valence-corrected chi connectivity index (χ0v) is 17.8. The van der Waals surface area contributed by atoms with Crippen molar-refractivity contribution in [1.82, 2.24) is 19.4 Å². The molecule has 3 aromatic rings. The number of pyridine rings is 1. The van der Waals surface area contributed by atoms with Crippen LogP contribution in [0.1, 0.15) is 21.7 Å². The lowest BCUT2D eigenvalue weighted by atomic mass is 10.1. The highest BCUT2D eigenvalue weighted by Gasteiger charge is 2.38. The number of ether oxygens (including phenoxy) is 1. The number of nitrogens with zero attached hydrogens (tertiary/aromatic N) is 4. The van der Waals surface area contributed by atoms with Crippen molar-refractivity contribution in [1.29, 1.82) is 0 Å². The molecule has 0 saturated carbocycles. The van der Waals surface area contributed by atoms with E-state index in [1.165, 1.54) is 0 Å². The Morgan fingerprint density at radius 1 is 1.09 bits per heavy atom. The van der Waals surface area contributed by atoms with Gasteiger partial charge in [0, 0.05) is 31.0 Å². The fraction of sp³-hybridized carbons (Fsp3) is 0.273. The minimum Gasteiger partial charge on any atom is -0.497 e. The number of aliphatic carboxylic acids is 1. The molecule has 8 nitrogen and oxygen atoms in total. The fourth-order valence-corrected chi connectivity index (χ4v) is 3.28. The lowest BCUT2D eigenvalue weighted by Crippen LogP contribution is -2.38. The zero-order chi connectivity index (χ0) is 24.2. The van der Waals surface area contributed by atoms with Gasteiger partial charge in [-0.15, -0.1) is 0 Å². The second kappa shape index (κ2) is 9.72. The van der Waals surface area contributed by atoms with Crippen LogP contribution < -0.4 is 4.74 Å². The summed E-state index contributed by atoms with van der Waals surface area (Å²) in [5.41, 5.74) is 3.76. The number of imidazole rings is 1. The Hall–Kier alpha value is -3.89. The second-order valence-electron chi connectivity index (χ2n) is 7.22.